The molecule has 0 bridgehead atoms. The van der Waals surface area contributed by atoms with Crippen LogP contribution in [0.25, 0.3) is 0 Å². The highest BCUT2D eigenvalue weighted by Crippen LogP contribution is 1.96. The number of unbranched alkanes of at least 4 members (excludes halogenated alkanes) is 3. The normalized spacial score (nSPS) is 9.50. The number of nitrogens with zero attached hydrogens (tertiary/aromatic N) is 1. The number of aliphatic hydroxyl groups excluding tert-OH is 2. The average Bonchev–Trinajstić information content (AvgIpc) is 1.97. The number of hydrogen-bond acceptors (Lipinski definition) is 3. The minimum atomic E-state index is 0.283. The molecule has 0 atom stereocenters. The third kappa shape index (κ3) is 32.7. The van der Waals surface area contributed by atoms with Crippen molar-refractivity contribution < 1.29 is 10.2 Å². The second kappa shape index (κ2) is 13.5. The van der Waals surface area contributed by atoms with Crippen molar-refractivity contribution in [1.82, 2.24) is 4.90 Å². The Balaban J connectivity index is 0. The van der Waals surface area contributed by atoms with Crippen LogP contribution >= 0.6 is 0 Å². The molecule has 0 aliphatic rings. The van der Waals surface area contributed by atoms with Crippen molar-refractivity contribution in [2.75, 3.05) is 34.4 Å². The van der Waals surface area contributed by atoms with Gasteiger partial charge in [0, 0.05) is 13.2 Å². The molecular weight excluding hydrogens is 154 g/mol. The molecule has 0 aromatic rings. The molecule has 76 valence electrons. The summed E-state index contributed by atoms with van der Waals surface area (Å²) in [7, 11) is 6.00. The Morgan fingerprint density at radius 1 is 0.750 bits per heavy atom. The topological polar surface area (TPSA) is 43.7 Å². The second-order valence-corrected chi connectivity index (χ2v) is 3.20. The molecule has 3 heteroatoms. The quantitative estimate of drug-likeness (QED) is 0.608. The highest BCUT2D eigenvalue weighted by molar-refractivity contribution is 4.39. The van der Waals surface area contributed by atoms with E-state index in [0.717, 1.165) is 25.7 Å². The van der Waals surface area contributed by atoms with E-state index in [0.29, 0.717) is 0 Å². The van der Waals surface area contributed by atoms with Crippen molar-refractivity contribution in [3.8, 4) is 0 Å². The van der Waals surface area contributed by atoms with Gasteiger partial charge in [0.25, 0.3) is 0 Å². The zero-order chi connectivity index (χ0) is 9.82. The summed E-state index contributed by atoms with van der Waals surface area (Å²) in [5.41, 5.74) is 0. The molecule has 0 heterocycles. The largest absolute Gasteiger partial charge is 0.396 e. The Morgan fingerprint density at radius 3 is 1.17 bits per heavy atom. The molecule has 3 nitrogen and oxygen atoms in total. The molecular formula is C9H23NO2. The Hall–Kier alpha value is -0.120. The fourth-order valence-electron chi connectivity index (χ4n) is 0.577. The second-order valence-electron chi connectivity index (χ2n) is 3.20. The molecule has 0 aromatic carbocycles. The van der Waals surface area contributed by atoms with E-state index in [1.807, 2.05) is 26.0 Å². The number of rotatable bonds is 5. The highest BCUT2D eigenvalue weighted by atomic mass is 16.3. The lowest BCUT2D eigenvalue weighted by Gasteiger charge is -1.93. The summed E-state index contributed by atoms with van der Waals surface area (Å²) >= 11 is 0. The summed E-state index contributed by atoms with van der Waals surface area (Å²) in [6, 6.07) is 0. The van der Waals surface area contributed by atoms with Gasteiger partial charge in [-0.1, -0.05) is 12.8 Å². The molecule has 0 aromatic heterocycles. The molecule has 12 heavy (non-hydrogen) atoms. The smallest absolute Gasteiger partial charge is 0.0431 e. The lowest BCUT2D eigenvalue weighted by molar-refractivity contribution is 0.265. The summed E-state index contributed by atoms with van der Waals surface area (Å²) < 4.78 is 0. The summed E-state index contributed by atoms with van der Waals surface area (Å²) in [4.78, 5) is 2.00. The molecule has 0 aliphatic carbocycles. The van der Waals surface area contributed by atoms with Gasteiger partial charge in [-0.3, -0.25) is 0 Å². The van der Waals surface area contributed by atoms with Crippen LogP contribution in [0.15, 0.2) is 0 Å². The maximum absolute atomic E-state index is 8.30. The van der Waals surface area contributed by atoms with E-state index in [1.165, 1.54) is 0 Å². The van der Waals surface area contributed by atoms with Gasteiger partial charge in [0.15, 0.2) is 0 Å². The Bertz CT molecular complexity index is 58.8. The summed E-state index contributed by atoms with van der Waals surface area (Å²) in [6.45, 7) is 0.566. The lowest BCUT2D eigenvalue weighted by Crippen LogP contribution is -1.99. The molecule has 0 amide bonds. The van der Waals surface area contributed by atoms with E-state index in [-0.39, 0.29) is 13.2 Å². The first-order valence-electron chi connectivity index (χ1n) is 4.47. The van der Waals surface area contributed by atoms with Gasteiger partial charge in [-0.25, -0.2) is 0 Å². The van der Waals surface area contributed by atoms with Crippen LogP contribution in [0.2, 0.25) is 0 Å². The molecule has 0 unspecified atom stereocenters. The minimum absolute atomic E-state index is 0.283. The zero-order valence-corrected chi connectivity index (χ0v) is 8.58. The standard InChI is InChI=1S/C6H14O2.C3H9N/c7-5-3-1-2-4-6-8;1-4(2)3/h7-8H,1-6H2;1-3H3. The Morgan fingerprint density at radius 2 is 1.00 bits per heavy atom. The molecule has 2 N–H and O–H groups in total. The van der Waals surface area contributed by atoms with Gasteiger partial charge in [-0.05, 0) is 34.0 Å². The molecule has 0 radical (unpaired) electrons. The van der Waals surface area contributed by atoms with Gasteiger partial charge in [0.2, 0.25) is 0 Å². The molecule has 0 fully saturated rings. The van der Waals surface area contributed by atoms with Crippen molar-refractivity contribution in [3.05, 3.63) is 0 Å². The van der Waals surface area contributed by atoms with E-state index in [4.69, 9.17) is 10.2 Å². The fraction of sp³-hybridized carbons (Fsp3) is 1.00. The summed E-state index contributed by atoms with van der Waals surface area (Å²) in [5, 5.41) is 16.6. The first-order valence-corrected chi connectivity index (χ1v) is 4.47. The van der Waals surface area contributed by atoms with Crippen molar-refractivity contribution in [3.63, 3.8) is 0 Å². The first kappa shape index (κ1) is 14.4. The lowest BCUT2D eigenvalue weighted by atomic mass is 10.2. The number of hydrogen-bond donors (Lipinski definition) is 2. The predicted octanol–water partition coefficient (Wildman–Crippen LogP) is 0.709. The van der Waals surface area contributed by atoms with Gasteiger partial charge in [-0.15, -0.1) is 0 Å². The van der Waals surface area contributed by atoms with Gasteiger partial charge in [-0.2, -0.15) is 0 Å². The minimum Gasteiger partial charge on any atom is -0.396 e. The van der Waals surface area contributed by atoms with Crippen LogP contribution in [0.1, 0.15) is 25.7 Å². The summed E-state index contributed by atoms with van der Waals surface area (Å²) in [6.07, 6.45) is 3.83. The van der Waals surface area contributed by atoms with Crippen LogP contribution in [0.5, 0.6) is 0 Å². The van der Waals surface area contributed by atoms with Crippen LogP contribution < -0.4 is 0 Å². The third-order valence-electron chi connectivity index (χ3n) is 1.07. The van der Waals surface area contributed by atoms with Crippen molar-refractivity contribution in [2.24, 2.45) is 0 Å². The maximum Gasteiger partial charge on any atom is 0.0431 e. The summed E-state index contributed by atoms with van der Waals surface area (Å²) in [5.74, 6) is 0. The number of aliphatic hydroxyl groups is 2. The predicted molar refractivity (Wildman–Crippen MR) is 52.3 cm³/mol. The molecule has 0 saturated heterocycles. The average molecular weight is 177 g/mol. The van der Waals surface area contributed by atoms with E-state index in [1.54, 1.807) is 0 Å². The van der Waals surface area contributed by atoms with E-state index < -0.39 is 0 Å². The zero-order valence-electron chi connectivity index (χ0n) is 8.58. The SMILES string of the molecule is CN(C)C.OCCCCCCO. The van der Waals surface area contributed by atoms with Crippen molar-refractivity contribution in [2.45, 2.75) is 25.7 Å². The van der Waals surface area contributed by atoms with Gasteiger partial charge >= 0.3 is 0 Å². The van der Waals surface area contributed by atoms with Gasteiger partial charge in [0.05, 0.1) is 0 Å². The van der Waals surface area contributed by atoms with Crippen LogP contribution in [-0.4, -0.2) is 49.5 Å². The molecule has 0 spiro atoms. The monoisotopic (exact) mass is 177 g/mol. The Kier molecular flexibility index (Phi) is 16.2. The van der Waals surface area contributed by atoms with Crippen LogP contribution in [0.3, 0.4) is 0 Å². The van der Waals surface area contributed by atoms with Crippen molar-refractivity contribution in [1.29, 1.82) is 0 Å². The van der Waals surface area contributed by atoms with Gasteiger partial charge in [0.1, 0.15) is 0 Å². The maximum atomic E-state index is 8.30. The first-order chi connectivity index (χ1) is 5.65. The van der Waals surface area contributed by atoms with Crippen LogP contribution in [-0.2, 0) is 0 Å². The van der Waals surface area contributed by atoms with E-state index >= 15 is 0 Å². The molecule has 0 aliphatic heterocycles. The van der Waals surface area contributed by atoms with Crippen LogP contribution in [0.4, 0.5) is 0 Å². The van der Waals surface area contributed by atoms with E-state index in [2.05, 4.69) is 0 Å². The molecule has 0 rings (SSSR count). The van der Waals surface area contributed by atoms with Crippen LogP contribution in [0, 0.1) is 0 Å². The highest BCUT2D eigenvalue weighted by Gasteiger charge is 1.84. The fourth-order valence-corrected chi connectivity index (χ4v) is 0.577. The van der Waals surface area contributed by atoms with Crippen molar-refractivity contribution >= 4 is 0 Å². The third-order valence-corrected chi connectivity index (χ3v) is 1.07. The molecule has 0 saturated carbocycles. The van der Waals surface area contributed by atoms with E-state index in [9.17, 15) is 0 Å². The van der Waals surface area contributed by atoms with Gasteiger partial charge < -0.3 is 15.1 Å². The Labute approximate surface area is 76.0 Å².